The Kier molecular flexibility index (Phi) is 3.19. The molecule has 102 valence electrons. The first-order valence-electron chi connectivity index (χ1n) is 7.02. The number of imidazole rings is 1. The predicted octanol–water partition coefficient (Wildman–Crippen LogP) is 2.31. The van der Waals surface area contributed by atoms with E-state index in [9.17, 15) is 5.11 Å². The SMILES string of the molecule is CC(C)N1CCC(Cc2cn3cc(O)ccc3n2)C1. The van der Waals surface area contributed by atoms with E-state index in [1.165, 1.54) is 19.5 Å². The van der Waals surface area contributed by atoms with Crippen LogP contribution in [0.4, 0.5) is 0 Å². The van der Waals surface area contributed by atoms with Gasteiger partial charge in [-0.25, -0.2) is 4.98 Å². The lowest BCUT2D eigenvalue weighted by atomic mass is 10.0. The molecule has 4 nitrogen and oxygen atoms in total. The highest BCUT2D eigenvalue weighted by Crippen LogP contribution is 2.22. The van der Waals surface area contributed by atoms with E-state index in [-0.39, 0.29) is 5.75 Å². The molecular formula is C15H21N3O. The first kappa shape index (κ1) is 12.5. The van der Waals surface area contributed by atoms with Crippen LogP contribution in [0, 0.1) is 5.92 Å². The maximum Gasteiger partial charge on any atom is 0.137 e. The van der Waals surface area contributed by atoms with Crippen molar-refractivity contribution >= 4 is 5.65 Å². The fraction of sp³-hybridized carbons (Fsp3) is 0.533. The molecule has 4 heteroatoms. The molecule has 1 N–H and O–H groups in total. The molecule has 2 aromatic heterocycles. The minimum Gasteiger partial charge on any atom is -0.506 e. The molecule has 1 unspecified atom stereocenters. The summed E-state index contributed by atoms with van der Waals surface area (Å²) in [5, 5.41) is 9.46. The van der Waals surface area contributed by atoms with Gasteiger partial charge < -0.3 is 14.4 Å². The van der Waals surface area contributed by atoms with Gasteiger partial charge in [0.05, 0.1) is 11.9 Å². The molecule has 0 radical (unpaired) electrons. The van der Waals surface area contributed by atoms with Gasteiger partial charge in [0.15, 0.2) is 0 Å². The molecule has 1 fully saturated rings. The summed E-state index contributed by atoms with van der Waals surface area (Å²) in [4.78, 5) is 7.15. The maximum atomic E-state index is 9.46. The highest BCUT2D eigenvalue weighted by molar-refractivity contribution is 5.42. The number of rotatable bonds is 3. The van der Waals surface area contributed by atoms with Crippen LogP contribution in [0.15, 0.2) is 24.5 Å². The minimum absolute atomic E-state index is 0.281. The van der Waals surface area contributed by atoms with E-state index in [4.69, 9.17) is 0 Å². The molecule has 1 aliphatic heterocycles. The van der Waals surface area contributed by atoms with Gasteiger partial charge >= 0.3 is 0 Å². The highest BCUT2D eigenvalue weighted by atomic mass is 16.3. The number of hydrogen-bond acceptors (Lipinski definition) is 3. The summed E-state index contributed by atoms with van der Waals surface area (Å²) >= 11 is 0. The Hall–Kier alpha value is -1.55. The number of hydrogen-bond donors (Lipinski definition) is 1. The van der Waals surface area contributed by atoms with Gasteiger partial charge in [-0.05, 0) is 51.3 Å². The van der Waals surface area contributed by atoms with Crippen molar-refractivity contribution in [1.82, 2.24) is 14.3 Å². The first-order chi connectivity index (χ1) is 9.11. The van der Waals surface area contributed by atoms with Gasteiger partial charge in [-0.2, -0.15) is 0 Å². The van der Waals surface area contributed by atoms with Crippen LogP contribution in [0.1, 0.15) is 26.0 Å². The average molecular weight is 259 g/mol. The smallest absolute Gasteiger partial charge is 0.137 e. The summed E-state index contributed by atoms with van der Waals surface area (Å²) in [6.45, 7) is 6.90. The van der Waals surface area contributed by atoms with Crippen molar-refractivity contribution in [2.45, 2.75) is 32.7 Å². The molecule has 0 saturated carbocycles. The quantitative estimate of drug-likeness (QED) is 0.919. The average Bonchev–Trinajstić information content (AvgIpc) is 2.95. The van der Waals surface area contributed by atoms with Crippen LogP contribution < -0.4 is 0 Å². The van der Waals surface area contributed by atoms with E-state index >= 15 is 0 Å². The molecule has 1 aliphatic rings. The van der Waals surface area contributed by atoms with Gasteiger partial charge in [0.25, 0.3) is 0 Å². The van der Waals surface area contributed by atoms with Gasteiger partial charge in [-0.3, -0.25) is 0 Å². The molecule has 1 atom stereocenters. The molecule has 1 saturated heterocycles. The summed E-state index contributed by atoms with van der Waals surface area (Å²) in [6, 6.07) is 4.18. The Balaban J connectivity index is 1.72. The third kappa shape index (κ3) is 2.59. The van der Waals surface area contributed by atoms with Crippen molar-refractivity contribution in [2.75, 3.05) is 13.1 Å². The second-order valence-electron chi connectivity index (χ2n) is 5.83. The van der Waals surface area contributed by atoms with E-state index in [0.717, 1.165) is 17.8 Å². The van der Waals surface area contributed by atoms with Crippen molar-refractivity contribution in [3.8, 4) is 5.75 Å². The monoisotopic (exact) mass is 259 g/mol. The van der Waals surface area contributed by atoms with Gasteiger partial charge in [0.2, 0.25) is 0 Å². The number of nitrogens with zero attached hydrogens (tertiary/aromatic N) is 3. The third-order valence-electron chi connectivity index (χ3n) is 4.03. The Labute approximate surface area is 113 Å². The summed E-state index contributed by atoms with van der Waals surface area (Å²) in [5.74, 6) is 0.990. The van der Waals surface area contributed by atoms with Crippen LogP contribution in [-0.4, -0.2) is 38.5 Å². The summed E-state index contributed by atoms with van der Waals surface area (Å²) in [6.07, 6.45) is 6.04. The van der Waals surface area contributed by atoms with Crippen LogP contribution in [-0.2, 0) is 6.42 Å². The van der Waals surface area contributed by atoms with Crippen LogP contribution in [0.5, 0.6) is 5.75 Å². The molecule has 3 heterocycles. The lowest BCUT2D eigenvalue weighted by Gasteiger charge is -2.19. The Morgan fingerprint density at radius 1 is 1.37 bits per heavy atom. The Morgan fingerprint density at radius 2 is 2.21 bits per heavy atom. The second kappa shape index (κ2) is 4.85. The zero-order valence-electron chi connectivity index (χ0n) is 11.6. The summed E-state index contributed by atoms with van der Waals surface area (Å²) < 4.78 is 1.90. The van der Waals surface area contributed by atoms with E-state index in [0.29, 0.717) is 12.0 Å². The highest BCUT2D eigenvalue weighted by Gasteiger charge is 2.24. The molecule has 3 rings (SSSR count). The van der Waals surface area contributed by atoms with Crippen LogP contribution in [0.2, 0.25) is 0 Å². The number of aromatic hydroxyl groups is 1. The number of aromatic nitrogens is 2. The van der Waals surface area contributed by atoms with Crippen molar-refractivity contribution in [3.05, 3.63) is 30.2 Å². The van der Waals surface area contributed by atoms with Crippen molar-refractivity contribution in [3.63, 3.8) is 0 Å². The normalized spacial score (nSPS) is 20.7. The number of likely N-dealkylation sites (tertiary alicyclic amines) is 1. The summed E-state index contributed by atoms with van der Waals surface area (Å²) in [5.41, 5.74) is 2.03. The first-order valence-corrected chi connectivity index (χ1v) is 7.02. The lowest BCUT2D eigenvalue weighted by Crippen LogP contribution is -2.28. The lowest BCUT2D eigenvalue weighted by molar-refractivity contribution is 0.265. The maximum absolute atomic E-state index is 9.46. The van der Waals surface area contributed by atoms with E-state index < -0.39 is 0 Å². The van der Waals surface area contributed by atoms with E-state index in [1.54, 1.807) is 12.3 Å². The number of pyridine rings is 1. The third-order valence-corrected chi connectivity index (χ3v) is 4.03. The van der Waals surface area contributed by atoms with E-state index in [2.05, 4.69) is 23.7 Å². The van der Waals surface area contributed by atoms with Crippen LogP contribution in [0.25, 0.3) is 5.65 Å². The Bertz CT molecular complexity index is 576. The van der Waals surface area contributed by atoms with Crippen molar-refractivity contribution in [1.29, 1.82) is 0 Å². The molecule has 0 aliphatic carbocycles. The van der Waals surface area contributed by atoms with Gasteiger partial charge in [0.1, 0.15) is 11.4 Å². The fourth-order valence-corrected chi connectivity index (χ4v) is 2.92. The molecular weight excluding hydrogens is 238 g/mol. The zero-order chi connectivity index (χ0) is 13.4. The van der Waals surface area contributed by atoms with Gasteiger partial charge in [0, 0.05) is 18.8 Å². The largest absolute Gasteiger partial charge is 0.506 e. The molecule has 0 aromatic carbocycles. The molecule has 0 amide bonds. The minimum atomic E-state index is 0.281. The Morgan fingerprint density at radius 3 is 2.95 bits per heavy atom. The van der Waals surface area contributed by atoms with Crippen LogP contribution in [0.3, 0.4) is 0 Å². The van der Waals surface area contributed by atoms with Crippen molar-refractivity contribution < 1.29 is 5.11 Å². The zero-order valence-corrected chi connectivity index (χ0v) is 11.6. The number of fused-ring (bicyclic) bond motifs is 1. The fourth-order valence-electron chi connectivity index (χ4n) is 2.92. The van der Waals surface area contributed by atoms with Gasteiger partial charge in [-0.1, -0.05) is 0 Å². The summed E-state index contributed by atoms with van der Waals surface area (Å²) in [7, 11) is 0. The molecule has 2 aromatic rings. The van der Waals surface area contributed by atoms with Crippen molar-refractivity contribution in [2.24, 2.45) is 5.92 Å². The predicted molar refractivity (Wildman–Crippen MR) is 75.4 cm³/mol. The van der Waals surface area contributed by atoms with Gasteiger partial charge in [-0.15, -0.1) is 0 Å². The second-order valence-corrected chi connectivity index (χ2v) is 5.83. The van der Waals surface area contributed by atoms with E-state index in [1.807, 2.05) is 16.7 Å². The standard InChI is InChI=1S/C15H21N3O/c1-11(2)17-6-5-12(8-17)7-13-9-18-10-14(19)3-4-15(18)16-13/h3-4,9-12,19H,5-8H2,1-2H3. The topological polar surface area (TPSA) is 40.8 Å². The molecule has 0 bridgehead atoms. The molecule has 19 heavy (non-hydrogen) atoms. The molecule has 0 spiro atoms. The van der Waals surface area contributed by atoms with Crippen LogP contribution >= 0.6 is 0 Å².